The number of rotatable bonds is 7. The minimum absolute atomic E-state index is 0.112. The van der Waals surface area contributed by atoms with E-state index in [1.165, 1.54) is 4.68 Å². The van der Waals surface area contributed by atoms with E-state index in [-0.39, 0.29) is 17.4 Å². The van der Waals surface area contributed by atoms with Crippen LogP contribution in [0.4, 0.5) is 5.69 Å². The molecule has 1 N–H and O–H groups in total. The fourth-order valence-corrected chi connectivity index (χ4v) is 2.18. The maximum Gasteiger partial charge on any atom is 0.322 e. The van der Waals surface area contributed by atoms with Crippen molar-refractivity contribution in [2.75, 3.05) is 19.6 Å². The van der Waals surface area contributed by atoms with Gasteiger partial charge in [-0.2, -0.15) is 5.10 Å². The van der Waals surface area contributed by atoms with Crippen LogP contribution in [-0.4, -0.2) is 51.2 Å². The second-order valence-electron chi connectivity index (χ2n) is 5.02. The molecule has 1 heterocycles. The number of aryl methyl sites for hydroxylation is 1. The normalized spacial score (nSPS) is 12.5. The molecule has 0 radical (unpaired) electrons. The van der Waals surface area contributed by atoms with Crippen LogP contribution < -0.4 is 5.32 Å². The number of carbonyl (C=O) groups excluding carboxylic acids is 1. The van der Waals surface area contributed by atoms with Crippen molar-refractivity contribution in [2.24, 2.45) is 7.05 Å². The Hall–Kier alpha value is -1.96. The van der Waals surface area contributed by atoms with Crippen LogP contribution in [0.5, 0.6) is 0 Å². The number of hydrogen-bond acceptors (Lipinski definition) is 5. The molecule has 1 atom stereocenters. The average molecular weight is 297 g/mol. The SMILES string of the molecule is CCN(CC)CC(C)NC(=O)c1nn(C)c(C)c1[N+](=O)[O-]. The molecule has 0 fully saturated rings. The molecule has 0 bridgehead atoms. The van der Waals surface area contributed by atoms with Crippen molar-refractivity contribution in [1.82, 2.24) is 20.0 Å². The summed E-state index contributed by atoms with van der Waals surface area (Å²) in [5, 5.41) is 17.8. The quantitative estimate of drug-likeness (QED) is 0.601. The summed E-state index contributed by atoms with van der Waals surface area (Å²) >= 11 is 0. The molecule has 0 spiro atoms. The molecule has 21 heavy (non-hydrogen) atoms. The number of likely N-dealkylation sites (N-methyl/N-ethyl adjacent to an activating group) is 1. The number of nitrogens with zero attached hydrogens (tertiary/aromatic N) is 4. The van der Waals surface area contributed by atoms with Crippen molar-refractivity contribution in [3.63, 3.8) is 0 Å². The van der Waals surface area contributed by atoms with Gasteiger partial charge in [0.1, 0.15) is 5.69 Å². The van der Waals surface area contributed by atoms with Crippen molar-refractivity contribution in [3.8, 4) is 0 Å². The van der Waals surface area contributed by atoms with Gasteiger partial charge < -0.3 is 10.2 Å². The predicted molar refractivity (Wildman–Crippen MR) is 79.3 cm³/mol. The van der Waals surface area contributed by atoms with E-state index in [1.54, 1.807) is 14.0 Å². The first kappa shape index (κ1) is 17.1. The highest BCUT2D eigenvalue weighted by Crippen LogP contribution is 2.21. The fraction of sp³-hybridized carbons (Fsp3) is 0.692. The molecule has 0 saturated heterocycles. The van der Waals surface area contributed by atoms with E-state index in [1.807, 2.05) is 20.8 Å². The first-order chi connectivity index (χ1) is 9.81. The highest BCUT2D eigenvalue weighted by Gasteiger charge is 2.29. The summed E-state index contributed by atoms with van der Waals surface area (Å²) in [6.45, 7) is 10.0. The van der Waals surface area contributed by atoms with Gasteiger partial charge in [0.05, 0.1) is 4.92 Å². The van der Waals surface area contributed by atoms with Gasteiger partial charge in [0.15, 0.2) is 0 Å². The van der Waals surface area contributed by atoms with Gasteiger partial charge in [-0.1, -0.05) is 13.8 Å². The number of aromatic nitrogens is 2. The summed E-state index contributed by atoms with van der Waals surface area (Å²) in [5.41, 5.74) is -0.00187. The van der Waals surface area contributed by atoms with Gasteiger partial charge in [0.25, 0.3) is 5.91 Å². The molecular formula is C13H23N5O3. The van der Waals surface area contributed by atoms with Gasteiger partial charge in [0, 0.05) is 19.6 Å². The van der Waals surface area contributed by atoms with Gasteiger partial charge in [-0.25, -0.2) is 0 Å². The lowest BCUT2D eigenvalue weighted by molar-refractivity contribution is -0.385. The molecule has 0 aliphatic heterocycles. The lowest BCUT2D eigenvalue weighted by Gasteiger charge is -2.23. The van der Waals surface area contributed by atoms with Gasteiger partial charge in [-0.05, 0) is 26.9 Å². The van der Waals surface area contributed by atoms with Crippen LogP contribution in [0.3, 0.4) is 0 Å². The van der Waals surface area contributed by atoms with Crippen LogP contribution in [0.2, 0.25) is 0 Å². The second-order valence-corrected chi connectivity index (χ2v) is 5.02. The third-order valence-electron chi connectivity index (χ3n) is 3.50. The van der Waals surface area contributed by atoms with E-state index in [4.69, 9.17) is 0 Å². The lowest BCUT2D eigenvalue weighted by Crippen LogP contribution is -2.42. The molecule has 8 nitrogen and oxygen atoms in total. The minimum atomic E-state index is -0.563. The van der Waals surface area contributed by atoms with E-state index in [9.17, 15) is 14.9 Å². The number of nitrogens with one attached hydrogen (secondary N) is 1. The molecule has 8 heteroatoms. The van der Waals surface area contributed by atoms with Crippen molar-refractivity contribution in [3.05, 3.63) is 21.5 Å². The monoisotopic (exact) mass is 297 g/mol. The van der Waals surface area contributed by atoms with Crippen molar-refractivity contribution in [2.45, 2.75) is 33.7 Å². The zero-order valence-electron chi connectivity index (χ0n) is 13.2. The Labute approximate surface area is 124 Å². The van der Waals surface area contributed by atoms with E-state index in [0.29, 0.717) is 12.2 Å². The molecule has 1 aromatic heterocycles. The standard InChI is InChI=1S/C13H23N5O3/c1-6-17(7-2)8-9(3)14-13(19)11-12(18(20)21)10(4)16(5)15-11/h9H,6-8H2,1-5H3,(H,14,19). The van der Waals surface area contributed by atoms with E-state index >= 15 is 0 Å². The fourth-order valence-electron chi connectivity index (χ4n) is 2.18. The van der Waals surface area contributed by atoms with Crippen LogP contribution in [-0.2, 0) is 7.05 Å². The lowest BCUT2D eigenvalue weighted by atomic mass is 10.2. The Morgan fingerprint density at radius 1 is 1.48 bits per heavy atom. The van der Waals surface area contributed by atoms with E-state index < -0.39 is 10.8 Å². The summed E-state index contributed by atoms with van der Waals surface area (Å²) in [6.07, 6.45) is 0. The zero-order valence-corrected chi connectivity index (χ0v) is 13.2. The molecule has 1 amide bonds. The molecule has 0 aliphatic rings. The predicted octanol–water partition coefficient (Wildman–Crippen LogP) is 1.10. The summed E-state index contributed by atoms with van der Waals surface area (Å²) in [7, 11) is 1.58. The minimum Gasteiger partial charge on any atom is -0.347 e. The smallest absolute Gasteiger partial charge is 0.322 e. The molecule has 1 aromatic rings. The van der Waals surface area contributed by atoms with Crippen molar-refractivity contribution < 1.29 is 9.72 Å². The van der Waals surface area contributed by atoms with Gasteiger partial charge in [0.2, 0.25) is 5.69 Å². The van der Waals surface area contributed by atoms with Crippen LogP contribution in [0.1, 0.15) is 37.0 Å². The maximum atomic E-state index is 12.2. The Morgan fingerprint density at radius 2 is 2.05 bits per heavy atom. The van der Waals surface area contributed by atoms with Crippen LogP contribution in [0.15, 0.2) is 0 Å². The molecule has 118 valence electrons. The molecule has 1 rings (SSSR count). The number of nitro groups is 1. The Morgan fingerprint density at radius 3 is 2.52 bits per heavy atom. The Kier molecular flexibility index (Phi) is 5.83. The Bertz CT molecular complexity index is 522. The first-order valence-corrected chi connectivity index (χ1v) is 7.02. The Balaban J connectivity index is 2.85. The van der Waals surface area contributed by atoms with Crippen LogP contribution in [0.25, 0.3) is 0 Å². The second kappa shape index (κ2) is 7.16. The van der Waals surface area contributed by atoms with Crippen LogP contribution in [0, 0.1) is 17.0 Å². The first-order valence-electron chi connectivity index (χ1n) is 7.02. The largest absolute Gasteiger partial charge is 0.347 e. The number of carbonyl (C=O) groups is 1. The summed E-state index contributed by atoms with van der Waals surface area (Å²) in [4.78, 5) is 24.9. The third kappa shape index (κ3) is 4.01. The highest BCUT2D eigenvalue weighted by molar-refractivity contribution is 5.96. The zero-order chi connectivity index (χ0) is 16.2. The number of amides is 1. The summed E-state index contributed by atoms with van der Waals surface area (Å²) in [6, 6.07) is -0.112. The molecule has 0 aliphatic carbocycles. The van der Waals surface area contributed by atoms with Gasteiger partial charge in [-0.15, -0.1) is 0 Å². The number of hydrogen-bond donors (Lipinski definition) is 1. The average Bonchev–Trinajstić information content (AvgIpc) is 2.72. The topological polar surface area (TPSA) is 93.3 Å². The molecule has 1 unspecified atom stereocenters. The third-order valence-corrected chi connectivity index (χ3v) is 3.50. The summed E-state index contributed by atoms with van der Waals surface area (Å²) in [5.74, 6) is -0.509. The molecule has 0 aromatic carbocycles. The van der Waals surface area contributed by atoms with E-state index in [2.05, 4.69) is 15.3 Å². The molecule has 0 saturated carbocycles. The summed E-state index contributed by atoms with van der Waals surface area (Å²) < 4.78 is 1.35. The van der Waals surface area contributed by atoms with Gasteiger partial charge >= 0.3 is 5.69 Å². The van der Waals surface area contributed by atoms with Crippen molar-refractivity contribution >= 4 is 11.6 Å². The highest BCUT2D eigenvalue weighted by atomic mass is 16.6. The maximum absolute atomic E-state index is 12.2. The van der Waals surface area contributed by atoms with E-state index in [0.717, 1.165) is 13.1 Å². The van der Waals surface area contributed by atoms with Gasteiger partial charge in [-0.3, -0.25) is 19.6 Å². The van der Waals surface area contributed by atoms with Crippen molar-refractivity contribution in [1.29, 1.82) is 0 Å². The molecular weight excluding hydrogens is 274 g/mol. The van der Waals surface area contributed by atoms with Crippen LogP contribution >= 0.6 is 0 Å².